The van der Waals surface area contributed by atoms with Crippen LogP contribution in [0, 0.1) is 0 Å². The zero-order valence-corrected chi connectivity index (χ0v) is 10.0. The van der Waals surface area contributed by atoms with Gasteiger partial charge in [-0.15, -0.1) is 0 Å². The standard InChI is InChI=1S/C13H16ClNO/c14-11-3-4-12-10(8-11)2-1-5-13(12)9-15-6-7-16-13/h3-4,8,15H,1-2,5-7,9H2. The molecule has 1 aliphatic carbocycles. The van der Waals surface area contributed by atoms with Crippen molar-refractivity contribution in [3.05, 3.63) is 34.3 Å². The molecule has 1 aromatic carbocycles. The fourth-order valence-electron chi connectivity index (χ4n) is 2.91. The third-order valence-corrected chi connectivity index (χ3v) is 3.89. The van der Waals surface area contributed by atoms with Gasteiger partial charge >= 0.3 is 0 Å². The molecule has 3 heteroatoms. The SMILES string of the molecule is Clc1ccc2c(c1)CCCC21CNCCO1. The molecule has 1 unspecified atom stereocenters. The predicted molar refractivity (Wildman–Crippen MR) is 64.9 cm³/mol. The largest absolute Gasteiger partial charge is 0.368 e. The van der Waals surface area contributed by atoms with Crippen molar-refractivity contribution in [1.29, 1.82) is 0 Å². The Balaban J connectivity index is 2.04. The number of hydrogen-bond acceptors (Lipinski definition) is 2. The Morgan fingerprint density at radius 3 is 3.12 bits per heavy atom. The summed E-state index contributed by atoms with van der Waals surface area (Å²) in [7, 11) is 0. The summed E-state index contributed by atoms with van der Waals surface area (Å²) in [5.74, 6) is 0. The minimum Gasteiger partial charge on any atom is -0.368 e. The van der Waals surface area contributed by atoms with Crippen LogP contribution in [0.5, 0.6) is 0 Å². The number of fused-ring (bicyclic) bond motifs is 2. The maximum absolute atomic E-state index is 6.07. The van der Waals surface area contributed by atoms with Gasteiger partial charge in [-0.3, -0.25) is 0 Å². The summed E-state index contributed by atoms with van der Waals surface area (Å²) in [5, 5.41) is 4.28. The topological polar surface area (TPSA) is 21.3 Å². The molecule has 1 aromatic rings. The normalized spacial score (nSPS) is 29.1. The zero-order valence-electron chi connectivity index (χ0n) is 9.26. The van der Waals surface area contributed by atoms with Gasteiger partial charge in [0, 0.05) is 18.1 Å². The van der Waals surface area contributed by atoms with E-state index in [0.29, 0.717) is 0 Å². The summed E-state index contributed by atoms with van der Waals surface area (Å²) in [6, 6.07) is 6.21. The van der Waals surface area contributed by atoms with Gasteiger partial charge in [0.25, 0.3) is 0 Å². The lowest BCUT2D eigenvalue weighted by atomic mass is 9.78. The number of nitrogens with one attached hydrogen (secondary N) is 1. The first-order chi connectivity index (χ1) is 7.80. The first kappa shape index (κ1) is 10.6. The summed E-state index contributed by atoms with van der Waals surface area (Å²) >= 11 is 6.05. The smallest absolute Gasteiger partial charge is 0.106 e. The lowest BCUT2D eigenvalue weighted by molar-refractivity contribution is -0.0819. The Morgan fingerprint density at radius 1 is 1.38 bits per heavy atom. The molecule has 1 N–H and O–H groups in total. The molecule has 0 amide bonds. The van der Waals surface area contributed by atoms with E-state index in [-0.39, 0.29) is 5.60 Å². The molecular weight excluding hydrogens is 222 g/mol. The second-order valence-electron chi connectivity index (χ2n) is 4.67. The highest BCUT2D eigenvalue weighted by Crippen LogP contribution is 2.39. The highest BCUT2D eigenvalue weighted by atomic mass is 35.5. The van der Waals surface area contributed by atoms with Crippen molar-refractivity contribution < 1.29 is 4.74 Å². The van der Waals surface area contributed by atoms with Crippen LogP contribution < -0.4 is 5.32 Å². The zero-order chi connectivity index (χ0) is 11.0. The van der Waals surface area contributed by atoms with Crippen molar-refractivity contribution >= 4 is 11.6 Å². The number of benzene rings is 1. The molecule has 3 rings (SSSR count). The van der Waals surface area contributed by atoms with Crippen molar-refractivity contribution in [2.24, 2.45) is 0 Å². The second-order valence-corrected chi connectivity index (χ2v) is 5.11. The molecule has 0 radical (unpaired) electrons. The fourth-order valence-corrected chi connectivity index (χ4v) is 3.10. The Morgan fingerprint density at radius 2 is 2.31 bits per heavy atom. The molecule has 0 bridgehead atoms. The molecule has 1 aliphatic heterocycles. The molecule has 0 aromatic heterocycles. The molecule has 1 saturated heterocycles. The average molecular weight is 238 g/mol. The lowest BCUT2D eigenvalue weighted by Crippen LogP contribution is -2.49. The van der Waals surface area contributed by atoms with Crippen LogP contribution in [0.4, 0.5) is 0 Å². The number of aryl methyl sites for hydroxylation is 1. The number of hydrogen-bond donors (Lipinski definition) is 1. The van der Waals surface area contributed by atoms with E-state index in [9.17, 15) is 0 Å². The Hall–Kier alpha value is -0.570. The number of rotatable bonds is 0. The van der Waals surface area contributed by atoms with Gasteiger partial charge in [-0.2, -0.15) is 0 Å². The molecule has 2 aliphatic rings. The van der Waals surface area contributed by atoms with Crippen LogP contribution in [0.15, 0.2) is 18.2 Å². The van der Waals surface area contributed by atoms with Crippen LogP contribution in [-0.2, 0) is 16.8 Å². The van der Waals surface area contributed by atoms with Gasteiger partial charge in [0.2, 0.25) is 0 Å². The van der Waals surface area contributed by atoms with Crippen molar-refractivity contribution in [2.75, 3.05) is 19.7 Å². The molecule has 1 atom stereocenters. The fraction of sp³-hybridized carbons (Fsp3) is 0.538. The summed E-state index contributed by atoms with van der Waals surface area (Å²) in [4.78, 5) is 0. The van der Waals surface area contributed by atoms with Crippen LogP contribution >= 0.6 is 11.6 Å². The first-order valence-electron chi connectivity index (χ1n) is 5.94. The quantitative estimate of drug-likeness (QED) is 0.749. The highest BCUT2D eigenvalue weighted by Gasteiger charge is 2.38. The molecule has 2 nitrogen and oxygen atoms in total. The molecule has 86 valence electrons. The van der Waals surface area contributed by atoms with Gasteiger partial charge < -0.3 is 10.1 Å². The summed E-state index contributed by atoms with van der Waals surface area (Å²) in [5.41, 5.74) is 2.62. The Labute approximate surface area is 101 Å². The van der Waals surface area contributed by atoms with Crippen LogP contribution in [0.1, 0.15) is 24.0 Å². The van der Waals surface area contributed by atoms with Gasteiger partial charge in [-0.05, 0) is 42.5 Å². The minimum absolute atomic E-state index is 0.0869. The summed E-state index contributed by atoms with van der Waals surface area (Å²) in [6.45, 7) is 2.70. The number of halogens is 1. The minimum atomic E-state index is -0.0869. The summed E-state index contributed by atoms with van der Waals surface area (Å²) < 4.78 is 6.07. The highest BCUT2D eigenvalue weighted by molar-refractivity contribution is 6.30. The van der Waals surface area contributed by atoms with E-state index in [4.69, 9.17) is 16.3 Å². The molecule has 16 heavy (non-hydrogen) atoms. The van der Waals surface area contributed by atoms with E-state index in [1.807, 2.05) is 6.07 Å². The Bertz CT molecular complexity index is 399. The van der Waals surface area contributed by atoms with Crippen LogP contribution in [0.2, 0.25) is 5.02 Å². The van der Waals surface area contributed by atoms with Crippen LogP contribution in [0.3, 0.4) is 0 Å². The number of morpholine rings is 1. The van der Waals surface area contributed by atoms with Crippen LogP contribution in [0.25, 0.3) is 0 Å². The average Bonchev–Trinajstić information content (AvgIpc) is 2.30. The van der Waals surface area contributed by atoms with Crippen molar-refractivity contribution in [3.8, 4) is 0 Å². The van der Waals surface area contributed by atoms with Gasteiger partial charge in [-0.1, -0.05) is 17.7 Å². The van der Waals surface area contributed by atoms with E-state index in [1.54, 1.807) is 0 Å². The monoisotopic (exact) mass is 237 g/mol. The lowest BCUT2D eigenvalue weighted by Gasteiger charge is -2.42. The summed E-state index contributed by atoms with van der Waals surface area (Å²) in [6.07, 6.45) is 3.44. The maximum Gasteiger partial charge on any atom is 0.106 e. The van der Waals surface area contributed by atoms with Crippen molar-refractivity contribution in [3.63, 3.8) is 0 Å². The van der Waals surface area contributed by atoms with E-state index in [1.165, 1.54) is 17.5 Å². The van der Waals surface area contributed by atoms with E-state index in [2.05, 4.69) is 17.4 Å². The molecule has 1 heterocycles. The number of ether oxygens (including phenoxy) is 1. The molecular formula is C13H16ClNO. The van der Waals surface area contributed by atoms with Gasteiger partial charge in [0.15, 0.2) is 0 Å². The molecule has 0 saturated carbocycles. The second kappa shape index (κ2) is 4.02. The van der Waals surface area contributed by atoms with Crippen LogP contribution in [-0.4, -0.2) is 19.7 Å². The Kier molecular flexibility index (Phi) is 2.66. The van der Waals surface area contributed by atoms with E-state index in [0.717, 1.165) is 37.6 Å². The molecule has 1 spiro atoms. The van der Waals surface area contributed by atoms with Gasteiger partial charge in [-0.25, -0.2) is 0 Å². The first-order valence-corrected chi connectivity index (χ1v) is 6.32. The van der Waals surface area contributed by atoms with Gasteiger partial charge in [0.1, 0.15) is 5.60 Å². The van der Waals surface area contributed by atoms with Gasteiger partial charge in [0.05, 0.1) is 6.61 Å². The third kappa shape index (κ3) is 1.65. The maximum atomic E-state index is 6.07. The van der Waals surface area contributed by atoms with E-state index < -0.39 is 0 Å². The predicted octanol–water partition coefficient (Wildman–Crippen LogP) is 2.49. The van der Waals surface area contributed by atoms with Crippen molar-refractivity contribution in [1.82, 2.24) is 5.32 Å². The van der Waals surface area contributed by atoms with E-state index >= 15 is 0 Å². The van der Waals surface area contributed by atoms with Crippen molar-refractivity contribution in [2.45, 2.75) is 24.9 Å². The molecule has 1 fully saturated rings. The third-order valence-electron chi connectivity index (χ3n) is 3.65.